The van der Waals surface area contributed by atoms with Gasteiger partial charge >= 0.3 is 0 Å². The lowest BCUT2D eigenvalue weighted by atomic mass is 9.95. The summed E-state index contributed by atoms with van der Waals surface area (Å²) in [5, 5.41) is 21.4. The van der Waals surface area contributed by atoms with Gasteiger partial charge in [-0.05, 0) is 50.0 Å². The Kier molecular flexibility index (Phi) is 5.67. The molecule has 1 saturated heterocycles. The van der Waals surface area contributed by atoms with Crippen LogP contribution >= 0.6 is 0 Å². The van der Waals surface area contributed by atoms with Gasteiger partial charge in [-0.2, -0.15) is 0 Å². The average Bonchev–Trinajstić information content (AvgIpc) is 3.34. The van der Waals surface area contributed by atoms with Crippen LogP contribution in [0.25, 0.3) is 5.76 Å². The van der Waals surface area contributed by atoms with Crippen LogP contribution in [-0.2, 0) is 9.59 Å². The van der Waals surface area contributed by atoms with Gasteiger partial charge in [0, 0.05) is 18.7 Å². The number of hydrogen-bond donors (Lipinski definition) is 2. The van der Waals surface area contributed by atoms with Gasteiger partial charge in [-0.1, -0.05) is 6.07 Å². The summed E-state index contributed by atoms with van der Waals surface area (Å²) in [5.74, 6) is -0.733. The number of ether oxygens (including phenoxy) is 3. The molecule has 2 aromatic rings. The van der Waals surface area contributed by atoms with Gasteiger partial charge in [0.2, 0.25) is 6.79 Å². The van der Waals surface area contributed by atoms with Crippen LogP contribution in [0.2, 0.25) is 0 Å². The standard InChI is InChI=1S/C23H24N2O7/c1-24(2)8-9-25-20(13-4-6-16(30-3)15(26)10-13)19(22(28)23(25)29)21(27)14-5-7-17-18(11-14)32-12-31-17/h4-7,10-11,20,26-27H,8-9,12H2,1-3H3/b21-19-. The molecule has 2 aromatic carbocycles. The average molecular weight is 440 g/mol. The molecule has 0 saturated carbocycles. The Balaban J connectivity index is 1.84. The molecule has 1 amide bonds. The second kappa shape index (κ2) is 8.43. The molecule has 1 fully saturated rings. The zero-order valence-corrected chi connectivity index (χ0v) is 18.0. The third-order valence-corrected chi connectivity index (χ3v) is 5.49. The first-order chi connectivity index (χ1) is 15.3. The first-order valence-corrected chi connectivity index (χ1v) is 10.0. The quantitative estimate of drug-likeness (QED) is 0.400. The number of Topliss-reactive ketones (excluding diaryl/α,β-unsaturated/α-hetero) is 1. The highest BCUT2D eigenvalue weighted by atomic mass is 16.7. The Hall–Kier alpha value is -3.72. The van der Waals surface area contributed by atoms with Crippen molar-refractivity contribution in [1.29, 1.82) is 0 Å². The Labute approximate surface area is 185 Å². The van der Waals surface area contributed by atoms with E-state index in [2.05, 4.69) is 0 Å². The van der Waals surface area contributed by atoms with E-state index in [1.165, 1.54) is 18.1 Å². The molecule has 0 aliphatic carbocycles. The van der Waals surface area contributed by atoms with E-state index in [4.69, 9.17) is 14.2 Å². The van der Waals surface area contributed by atoms with Gasteiger partial charge < -0.3 is 34.2 Å². The Morgan fingerprint density at radius 2 is 1.91 bits per heavy atom. The first-order valence-electron chi connectivity index (χ1n) is 10.0. The number of fused-ring (bicyclic) bond motifs is 1. The molecule has 0 bridgehead atoms. The number of phenols is 1. The number of ketones is 1. The first kappa shape index (κ1) is 21.5. The van der Waals surface area contributed by atoms with Crippen molar-refractivity contribution in [2.45, 2.75) is 6.04 Å². The molecule has 1 unspecified atom stereocenters. The molecule has 0 aromatic heterocycles. The molecular weight excluding hydrogens is 416 g/mol. The Morgan fingerprint density at radius 3 is 2.59 bits per heavy atom. The molecule has 168 valence electrons. The minimum Gasteiger partial charge on any atom is -0.507 e. The van der Waals surface area contributed by atoms with Crippen molar-refractivity contribution in [1.82, 2.24) is 9.80 Å². The number of nitrogens with zero attached hydrogens (tertiary/aromatic N) is 2. The zero-order valence-electron chi connectivity index (χ0n) is 18.0. The van der Waals surface area contributed by atoms with Crippen molar-refractivity contribution in [3.8, 4) is 23.0 Å². The SMILES string of the molecule is COc1ccc(C2/C(=C(/O)c3ccc4c(c3)OCO4)C(=O)C(=O)N2CCN(C)C)cc1O. The number of rotatable bonds is 6. The molecule has 32 heavy (non-hydrogen) atoms. The fourth-order valence-corrected chi connectivity index (χ4v) is 3.84. The van der Waals surface area contributed by atoms with Crippen molar-refractivity contribution < 1.29 is 34.0 Å². The van der Waals surface area contributed by atoms with Gasteiger partial charge in [0.15, 0.2) is 23.0 Å². The maximum atomic E-state index is 13.0. The number of aliphatic hydroxyl groups excluding tert-OH is 1. The molecule has 2 aliphatic rings. The van der Waals surface area contributed by atoms with Gasteiger partial charge in [0.1, 0.15) is 5.76 Å². The van der Waals surface area contributed by atoms with Crippen LogP contribution in [0.5, 0.6) is 23.0 Å². The van der Waals surface area contributed by atoms with Crippen molar-refractivity contribution in [2.24, 2.45) is 0 Å². The van der Waals surface area contributed by atoms with Gasteiger partial charge in [-0.3, -0.25) is 9.59 Å². The van der Waals surface area contributed by atoms with Crippen LogP contribution < -0.4 is 14.2 Å². The van der Waals surface area contributed by atoms with Crippen LogP contribution in [0.4, 0.5) is 0 Å². The van der Waals surface area contributed by atoms with E-state index in [1.54, 1.807) is 30.3 Å². The number of hydrogen-bond acceptors (Lipinski definition) is 8. The van der Waals surface area contributed by atoms with Crippen molar-refractivity contribution in [3.05, 3.63) is 53.1 Å². The third-order valence-electron chi connectivity index (χ3n) is 5.49. The minimum atomic E-state index is -0.878. The molecule has 2 heterocycles. The predicted molar refractivity (Wildman–Crippen MR) is 115 cm³/mol. The van der Waals surface area contributed by atoms with Crippen molar-refractivity contribution in [3.63, 3.8) is 0 Å². The normalized spacial score (nSPS) is 19.1. The summed E-state index contributed by atoms with van der Waals surface area (Å²) in [6, 6.07) is 8.56. The number of carbonyl (C=O) groups excluding carboxylic acids is 2. The summed E-state index contributed by atoms with van der Waals surface area (Å²) < 4.78 is 15.8. The highest BCUT2D eigenvalue weighted by Crippen LogP contribution is 2.42. The number of aromatic hydroxyl groups is 1. The second-order valence-electron chi connectivity index (χ2n) is 7.80. The third kappa shape index (κ3) is 3.71. The van der Waals surface area contributed by atoms with Crippen LogP contribution in [0, 0.1) is 0 Å². The van der Waals surface area contributed by atoms with Crippen LogP contribution in [-0.4, -0.2) is 72.8 Å². The lowest BCUT2D eigenvalue weighted by Crippen LogP contribution is -2.35. The van der Waals surface area contributed by atoms with Crippen LogP contribution in [0.1, 0.15) is 17.2 Å². The Bertz CT molecular complexity index is 1110. The number of likely N-dealkylation sites (N-methyl/N-ethyl adjacent to an activating group) is 1. The summed E-state index contributed by atoms with van der Waals surface area (Å²) in [5.41, 5.74) is 0.739. The van der Waals surface area contributed by atoms with E-state index >= 15 is 0 Å². The maximum Gasteiger partial charge on any atom is 0.295 e. The van der Waals surface area contributed by atoms with Gasteiger partial charge in [-0.25, -0.2) is 0 Å². The molecule has 2 N–H and O–H groups in total. The number of carbonyl (C=O) groups is 2. The molecule has 2 aliphatic heterocycles. The van der Waals surface area contributed by atoms with Crippen molar-refractivity contribution >= 4 is 17.4 Å². The van der Waals surface area contributed by atoms with Gasteiger partial charge in [-0.15, -0.1) is 0 Å². The predicted octanol–water partition coefficient (Wildman–Crippen LogP) is 2.11. The fraction of sp³-hybridized carbons (Fsp3) is 0.304. The molecule has 4 rings (SSSR count). The summed E-state index contributed by atoms with van der Waals surface area (Å²) >= 11 is 0. The molecule has 0 spiro atoms. The number of benzene rings is 2. The van der Waals surface area contributed by atoms with Gasteiger partial charge in [0.25, 0.3) is 11.7 Å². The minimum absolute atomic E-state index is 0.0582. The molecule has 0 radical (unpaired) electrons. The number of amides is 1. The van der Waals surface area contributed by atoms with E-state index in [9.17, 15) is 19.8 Å². The topological polar surface area (TPSA) is 109 Å². The smallest absolute Gasteiger partial charge is 0.295 e. The summed E-state index contributed by atoms with van der Waals surface area (Å²) in [6.07, 6.45) is 0. The van der Waals surface area contributed by atoms with Gasteiger partial charge in [0.05, 0.1) is 18.7 Å². The molecular formula is C23H24N2O7. The van der Waals surface area contributed by atoms with Crippen LogP contribution in [0.3, 0.4) is 0 Å². The summed E-state index contributed by atoms with van der Waals surface area (Å²) in [7, 11) is 5.15. The lowest BCUT2D eigenvalue weighted by Gasteiger charge is -2.26. The van der Waals surface area contributed by atoms with E-state index in [1.807, 2.05) is 19.0 Å². The molecule has 9 heteroatoms. The Morgan fingerprint density at radius 1 is 1.16 bits per heavy atom. The summed E-state index contributed by atoms with van der Waals surface area (Å²) in [6.45, 7) is 0.836. The zero-order chi connectivity index (χ0) is 23.0. The monoisotopic (exact) mass is 440 g/mol. The van der Waals surface area contributed by atoms with Crippen molar-refractivity contribution in [2.75, 3.05) is 41.1 Å². The lowest BCUT2D eigenvalue weighted by molar-refractivity contribution is -0.140. The fourth-order valence-electron chi connectivity index (χ4n) is 3.84. The van der Waals surface area contributed by atoms with E-state index in [0.29, 0.717) is 29.2 Å². The van der Waals surface area contributed by atoms with E-state index in [-0.39, 0.29) is 36.2 Å². The number of methoxy groups -OCH3 is 1. The maximum absolute atomic E-state index is 13.0. The number of likely N-dealkylation sites (tertiary alicyclic amines) is 1. The highest BCUT2D eigenvalue weighted by molar-refractivity contribution is 6.46. The van der Waals surface area contributed by atoms with Crippen LogP contribution in [0.15, 0.2) is 42.0 Å². The largest absolute Gasteiger partial charge is 0.507 e. The number of aliphatic hydroxyl groups is 1. The number of phenolic OH excluding ortho intramolecular Hbond substituents is 1. The van der Waals surface area contributed by atoms with E-state index < -0.39 is 17.7 Å². The molecule has 9 nitrogen and oxygen atoms in total. The highest BCUT2D eigenvalue weighted by Gasteiger charge is 2.46. The molecule has 1 atom stereocenters. The second-order valence-corrected chi connectivity index (χ2v) is 7.80. The summed E-state index contributed by atoms with van der Waals surface area (Å²) in [4.78, 5) is 29.3. The van der Waals surface area contributed by atoms with E-state index in [0.717, 1.165) is 0 Å².